The molecule has 0 heterocycles. The van der Waals surface area contributed by atoms with Gasteiger partial charge in [-0.3, -0.25) is 28.6 Å². The molecule has 0 aromatic heterocycles. The van der Waals surface area contributed by atoms with Crippen LogP contribution in [0.15, 0.2) is 57.2 Å². The summed E-state index contributed by atoms with van der Waals surface area (Å²) in [4.78, 5) is 19.8. The van der Waals surface area contributed by atoms with Crippen molar-refractivity contribution in [1.29, 1.82) is 0 Å². The Morgan fingerprint density at radius 3 is 1.97 bits per heavy atom. The van der Waals surface area contributed by atoms with E-state index in [1.54, 1.807) is 0 Å². The number of nitrogens with one attached hydrogen (secondary N) is 1. The van der Waals surface area contributed by atoms with Crippen molar-refractivity contribution in [2.24, 2.45) is 0 Å². The van der Waals surface area contributed by atoms with Crippen LogP contribution in [-0.4, -0.2) is 49.7 Å². The Hall–Kier alpha value is -2.48. The van der Waals surface area contributed by atoms with Gasteiger partial charge in [0.05, 0.1) is 15.5 Å². The summed E-state index contributed by atoms with van der Waals surface area (Å²) in [5.74, 6) is -1.02. The zero-order valence-electron chi connectivity index (χ0n) is 19.2. The predicted molar refractivity (Wildman–Crippen MR) is 120 cm³/mol. The number of aryl methyl sites for hydroxylation is 1. The first-order valence-corrected chi connectivity index (χ1v) is 13.3. The van der Waals surface area contributed by atoms with Crippen LogP contribution in [0.4, 0.5) is 11.4 Å². The fourth-order valence-electron chi connectivity index (χ4n) is 3.22. The standard InChI is InChI=1S/C18H14N2O12S3.Na.H/c1-9-2-3-10(6-14(9)20(22)23)18(21)19-13-4-5-15(34(27,28)29)12-7-11(33(24,25)26)8-16(17(12)13)35(30,31)32;;/h2-8H,1H3,(H,19,21)(H,24,25,26)(H,27,28,29)(H,30,31,32);;/q;+1;-1. The van der Waals surface area contributed by atoms with Gasteiger partial charge in [0, 0.05) is 28.0 Å². The number of benzene rings is 3. The Labute approximate surface area is 227 Å². The fraction of sp³-hybridized carbons (Fsp3) is 0.0556. The largest absolute Gasteiger partial charge is 1.00 e. The molecule has 0 spiro atoms. The maximum Gasteiger partial charge on any atom is 1.00 e. The molecule has 0 aliphatic carbocycles. The van der Waals surface area contributed by atoms with Crippen LogP contribution in [0.1, 0.15) is 17.3 Å². The van der Waals surface area contributed by atoms with Crippen molar-refractivity contribution in [3.05, 3.63) is 63.7 Å². The first-order valence-electron chi connectivity index (χ1n) is 9.01. The third kappa shape index (κ3) is 6.07. The van der Waals surface area contributed by atoms with E-state index in [0.29, 0.717) is 18.2 Å². The maximum absolute atomic E-state index is 12.8. The van der Waals surface area contributed by atoms with Crippen molar-refractivity contribution >= 4 is 58.4 Å². The van der Waals surface area contributed by atoms with Crippen LogP contribution < -0.4 is 34.9 Å². The smallest absolute Gasteiger partial charge is 1.00 e. The van der Waals surface area contributed by atoms with Gasteiger partial charge in [-0.05, 0) is 37.3 Å². The van der Waals surface area contributed by atoms with Crippen LogP contribution in [0.3, 0.4) is 0 Å². The second kappa shape index (κ2) is 10.1. The van der Waals surface area contributed by atoms with E-state index in [0.717, 1.165) is 12.1 Å². The Kier molecular flexibility index (Phi) is 8.36. The van der Waals surface area contributed by atoms with Crippen molar-refractivity contribution in [2.45, 2.75) is 21.6 Å². The molecule has 18 heteroatoms. The van der Waals surface area contributed by atoms with Crippen LogP contribution in [0, 0.1) is 17.0 Å². The Morgan fingerprint density at radius 2 is 1.47 bits per heavy atom. The predicted octanol–water partition coefficient (Wildman–Crippen LogP) is -0.835. The minimum absolute atomic E-state index is 0. The topological polar surface area (TPSA) is 235 Å². The number of hydrogen-bond donors (Lipinski definition) is 4. The van der Waals surface area contributed by atoms with E-state index in [-0.39, 0.29) is 42.1 Å². The zero-order valence-corrected chi connectivity index (χ0v) is 22.7. The average Bonchev–Trinajstić information content (AvgIpc) is 2.70. The SMILES string of the molecule is Cc1ccc(C(=O)Nc2ccc(S(=O)(=O)O)c3cc(S(=O)(=O)O)cc(S(=O)(=O)O)c23)cc1[N+](=O)[O-].[H-].[Na+]. The van der Waals surface area contributed by atoms with Crippen molar-refractivity contribution in [2.75, 3.05) is 5.32 Å². The molecular formula is C18H15N2NaO12S3. The molecule has 3 aromatic rings. The van der Waals surface area contributed by atoms with Crippen LogP contribution in [0.2, 0.25) is 0 Å². The molecule has 0 aliphatic rings. The summed E-state index contributed by atoms with van der Waals surface area (Å²) in [6.07, 6.45) is 0. The summed E-state index contributed by atoms with van der Waals surface area (Å²) in [6.45, 7) is 1.42. The molecule has 4 N–H and O–H groups in total. The van der Waals surface area contributed by atoms with E-state index in [2.05, 4.69) is 5.32 Å². The minimum atomic E-state index is -5.31. The molecule has 0 radical (unpaired) electrons. The van der Waals surface area contributed by atoms with Gasteiger partial charge in [-0.15, -0.1) is 0 Å². The number of carbonyl (C=O) groups is 1. The number of anilines is 1. The molecule has 0 unspecified atom stereocenters. The summed E-state index contributed by atoms with van der Waals surface area (Å²) in [5.41, 5.74) is -0.894. The van der Waals surface area contributed by atoms with E-state index in [1.165, 1.54) is 19.1 Å². The number of fused-ring (bicyclic) bond motifs is 1. The van der Waals surface area contributed by atoms with Crippen molar-refractivity contribution in [3.8, 4) is 0 Å². The number of hydrogen-bond acceptors (Lipinski definition) is 9. The third-order valence-corrected chi connectivity index (χ3v) is 7.40. The molecule has 1 amide bonds. The monoisotopic (exact) mass is 570 g/mol. The van der Waals surface area contributed by atoms with Crippen LogP contribution >= 0.6 is 0 Å². The normalized spacial score (nSPS) is 12.1. The molecular weight excluding hydrogens is 555 g/mol. The number of carbonyl (C=O) groups excluding carboxylic acids is 1. The summed E-state index contributed by atoms with van der Waals surface area (Å²) in [5, 5.41) is 11.8. The number of nitro benzene ring substituents is 1. The molecule has 0 aliphatic heterocycles. The van der Waals surface area contributed by atoms with Gasteiger partial charge in [0.1, 0.15) is 9.79 Å². The minimum Gasteiger partial charge on any atom is -1.00 e. The van der Waals surface area contributed by atoms with E-state index >= 15 is 0 Å². The number of nitrogens with zero attached hydrogens (tertiary/aromatic N) is 1. The van der Waals surface area contributed by atoms with E-state index in [1.807, 2.05) is 0 Å². The summed E-state index contributed by atoms with van der Waals surface area (Å²) < 4.78 is 99.5. The molecule has 0 saturated carbocycles. The van der Waals surface area contributed by atoms with Crippen molar-refractivity contribution < 1.29 is 79.6 Å². The van der Waals surface area contributed by atoms with Crippen LogP contribution in [0.5, 0.6) is 0 Å². The summed E-state index contributed by atoms with van der Waals surface area (Å²) >= 11 is 0. The molecule has 36 heavy (non-hydrogen) atoms. The number of nitro groups is 1. The summed E-state index contributed by atoms with van der Waals surface area (Å²) in [7, 11) is -15.6. The van der Waals surface area contributed by atoms with Gasteiger partial charge >= 0.3 is 29.6 Å². The van der Waals surface area contributed by atoms with Gasteiger partial charge in [0.2, 0.25) is 0 Å². The van der Waals surface area contributed by atoms with Gasteiger partial charge < -0.3 is 6.74 Å². The zero-order chi connectivity index (χ0) is 26.5. The molecule has 0 saturated heterocycles. The Bertz CT molecular complexity index is 1760. The van der Waals surface area contributed by atoms with Crippen LogP contribution in [-0.2, 0) is 30.4 Å². The van der Waals surface area contributed by atoms with Crippen molar-refractivity contribution in [3.63, 3.8) is 0 Å². The molecule has 188 valence electrons. The van der Waals surface area contributed by atoms with E-state index < -0.39 is 78.0 Å². The maximum atomic E-state index is 12.8. The van der Waals surface area contributed by atoms with E-state index in [9.17, 15) is 53.8 Å². The second-order valence-corrected chi connectivity index (χ2v) is 11.3. The molecule has 3 rings (SSSR count). The average molecular weight is 571 g/mol. The molecule has 0 bridgehead atoms. The third-order valence-electron chi connectivity index (χ3n) is 4.78. The van der Waals surface area contributed by atoms with Gasteiger partial charge in [-0.25, -0.2) is 0 Å². The fourth-order valence-corrected chi connectivity index (χ4v) is 5.26. The van der Waals surface area contributed by atoms with E-state index in [4.69, 9.17) is 0 Å². The van der Waals surface area contributed by atoms with Gasteiger partial charge in [-0.1, -0.05) is 6.07 Å². The quantitative estimate of drug-likeness (QED) is 0.123. The van der Waals surface area contributed by atoms with Gasteiger partial charge in [0.25, 0.3) is 41.9 Å². The summed E-state index contributed by atoms with van der Waals surface area (Å²) in [6, 6.07) is 5.78. The number of rotatable bonds is 6. The first-order chi connectivity index (χ1) is 15.9. The first kappa shape index (κ1) is 29.7. The second-order valence-electron chi connectivity index (χ2n) is 7.09. The molecule has 3 aromatic carbocycles. The Balaban J connectivity index is 0.00000342. The van der Waals surface area contributed by atoms with Crippen LogP contribution in [0.25, 0.3) is 10.8 Å². The molecule has 0 fully saturated rings. The Morgan fingerprint density at radius 1 is 0.889 bits per heavy atom. The van der Waals surface area contributed by atoms with Gasteiger partial charge in [0.15, 0.2) is 0 Å². The number of amides is 1. The van der Waals surface area contributed by atoms with Crippen molar-refractivity contribution in [1.82, 2.24) is 0 Å². The molecule has 14 nitrogen and oxygen atoms in total. The molecule has 0 atom stereocenters. The van der Waals surface area contributed by atoms with Gasteiger partial charge in [-0.2, -0.15) is 25.3 Å².